The maximum absolute atomic E-state index is 13.5. The van der Waals surface area contributed by atoms with Gasteiger partial charge in [-0.15, -0.1) is 0 Å². The number of fused-ring (bicyclic) bond motifs is 2. The Balaban J connectivity index is 1.85. The summed E-state index contributed by atoms with van der Waals surface area (Å²) in [5.41, 5.74) is 5.08. The molecule has 0 atom stereocenters. The van der Waals surface area contributed by atoms with E-state index in [9.17, 15) is 4.79 Å². The first-order valence-electron chi connectivity index (χ1n) is 9.55. The molecule has 0 radical (unpaired) electrons. The third-order valence-corrected chi connectivity index (χ3v) is 7.73. The number of nitrogens with one attached hydrogen (secondary N) is 1. The first kappa shape index (κ1) is 21.8. The Hall–Kier alpha value is -2.00. The molecule has 0 spiro atoms. The van der Waals surface area contributed by atoms with Gasteiger partial charge in [-0.1, -0.05) is 46.3 Å². The number of rotatable bonds is 3. The minimum absolute atomic E-state index is 0.166. The van der Waals surface area contributed by atoms with Crippen molar-refractivity contribution in [3.05, 3.63) is 101 Å². The molecule has 0 saturated carbocycles. The lowest BCUT2D eigenvalue weighted by Crippen LogP contribution is -2.17. The van der Waals surface area contributed by atoms with Crippen LogP contribution in [0.1, 0.15) is 0 Å². The van der Waals surface area contributed by atoms with Gasteiger partial charge in [-0.25, -0.2) is 4.98 Å². The Kier molecular flexibility index (Phi) is 5.96. The van der Waals surface area contributed by atoms with Gasteiger partial charge in [-0.2, -0.15) is 0 Å². The van der Waals surface area contributed by atoms with Gasteiger partial charge in [0.05, 0.1) is 31.4 Å². The van der Waals surface area contributed by atoms with E-state index >= 15 is 0 Å². The highest BCUT2D eigenvalue weighted by Crippen LogP contribution is 2.41. The molecule has 2 aliphatic rings. The summed E-state index contributed by atoms with van der Waals surface area (Å²) in [6, 6.07) is 23.6. The highest BCUT2D eigenvalue weighted by Gasteiger charge is 2.26. The lowest BCUT2D eigenvalue weighted by molar-refractivity contribution is 1.07. The zero-order chi connectivity index (χ0) is 22.4. The third kappa shape index (κ3) is 3.73. The average molecular weight is 679 g/mol. The zero-order valence-electron chi connectivity index (χ0n) is 16.2. The first-order valence-corrected chi connectivity index (χ1v) is 12.7. The lowest BCUT2D eigenvalue weighted by Gasteiger charge is -2.22. The second-order valence-electron chi connectivity index (χ2n) is 7.05. The first-order chi connectivity index (χ1) is 15.5. The molecule has 0 aromatic heterocycles. The standard InChI is InChI=1S/C24H13Br4N3O/c25-13-10-11-16(15(26)12-13)29-22-19(27)21-23(20(28)24(22)32)31(14-6-2-1-3-7-14)18-9-5-4-8-17(18)30-21/h1-12,29H. The summed E-state index contributed by atoms with van der Waals surface area (Å²) in [5, 5.41) is 3.27. The summed E-state index contributed by atoms with van der Waals surface area (Å²) < 4.78 is 4.88. The zero-order valence-corrected chi connectivity index (χ0v) is 22.6. The van der Waals surface area contributed by atoms with E-state index in [4.69, 9.17) is 4.98 Å². The Labute approximate surface area is 217 Å². The van der Waals surface area contributed by atoms with Crippen LogP contribution in [0.4, 0.5) is 11.4 Å². The van der Waals surface area contributed by atoms with Crippen molar-refractivity contribution in [2.75, 3.05) is 5.32 Å². The van der Waals surface area contributed by atoms with Gasteiger partial charge in [0.15, 0.2) is 0 Å². The van der Waals surface area contributed by atoms with Crippen molar-refractivity contribution < 1.29 is 0 Å². The van der Waals surface area contributed by atoms with Gasteiger partial charge in [-0.05, 0) is 90.3 Å². The number of hydrogen-bond donors (Lipinski definition) is 1. The second-order valence-corrected chi connectivity index (χ2v) is 10.4. The predicted octanol–water partition coefficient (Wildman–Crippen LogP) is 8.28. The van der Waals surface area contributed by atoms with E-state index in [1.54, 1.807) is 0 Å². The lowest BCUT2D eigenvalue weighted by atomic mass is 10.1. The SMILES string of the molecule is O=c1c(Br)c2n(-c3ccccc3)c3ccccc3nc-2c(Br)c1Nc1ccc(Br)cc1Br. The third-order valence-electron chi connectivity index (χ3n) is 5.07. The van der Waals surface area contributed by atoms with Crippen LogP contribution >= 0.6 is 63.7 Å². The predicted molar refractivity (Wildman–Crippen MR) is 144 cm³/mol. The molecular weight excluding hydrogens is 666 g/mol. The van der Waals surface area contributed by atoms with E-state index in [1.807, 2.05) is 72.8 Å². The number of aromatic nitrogens is 2. The molecule has 1 aliphatic heterocycles. The second kappa shape index (κ2) is 8.74. The van der Waals surface area contributed by atoms with Crippen LogP contribution in [0.15, 0.2) is 95.5 Å². The van der Waals surface area contributed by atoms with Crippen LogP contribution < -0.4 is 10.7 Å². The van der Waals surface area contributed by atoms with Crippen LogP contribution in [0, 0.1) is 0 Å². The molecule has 1 heterocycles. The maximum Gasteiger partial charge on any atom is 0.219 e. The van der Waals surface area contributed by atoms with E-state index in [-0.39, 0.29) is 5.43 Å². The van der Waals surface area contributed by atoms with Crippen molar-refractivity contribution >= 4 is 86.1 Å². The van der Waals surface area contributed by atoms with E-state index < -0.39 is 0 Å². The molecule has 0 saturated heterocycles. The summed E-state index contributed by atoms with van der Waals surface area (Å²) in [5.74, 6) is 0. The summed E-state index contributed by atoms with van der Waals surface area (Å²) >= 11 is 14.3. The summed E-state index contributed by atoms with van der Waals surface area (Å²) in [6.45, 7) is 0. The summed E-state index contributed by atoms with van der Waals surface area (Å²) in [7, 11) is 0. The molecule has 1 aliphatic carbocycles. The van der Waals surface area contributed by atoms with Gasteiger partial charge in [0.25, 0.3) is 0 Å². The molecule has 4 nitrogen and oxygen atoms in total. The van der Waals surface area contributed by atoms with Crippen LogP contribution in [0.3, 0.4) is 0 Å². The number of nitrogens with zero attached hydrogens (tertiary/aromatic N) is 2. The van der Waals surface area contributed by atoms with Crippen molar-refractivity contribution in [2.45, 2.75) is 0 Å². The molecule has 3 aromatic carbocycles. The van der Waals surface area contributed by atoms with Gasteiger partial charge < -0.3 is 9.88 Å². The summed E-state index contributed by atoms with van der Waals surface area (Å²) in [6.07, 6.45) is 0. The fourth-order valence-corrected chi connectivity index (χ4v) is 5.89. The molecule has 0 unspecified atom stereocenters. The van der Waals surface area contributed by atoms with Crippen molar-refractivity contribution in [3.63, 3.8) is 0 Å². The fourth-order valence-electron chi connectivity index (χ4n) is 3.62. The van der Waals surface area contributed by atoms with E-state index in [2.05, 4.69) is 73.6 Å². The van der Waals surface area contributed by atoms with Crippen LogP contribution in [0.5, 0.6) is 0 Å². The quantitative estimate of drug-likeness (QED) is 0.196. The molecule has 5 rings (SSSR count). The average Bonchev–Trinajstić information content (AvgIpc) is 2.81. The molecule has 1 N–H and O–H groups in total. The largest absolute Gasteiger partial charge is 0.350 e. The number of anilines is 2. The Bertz CT molecular complexity index is 1520. The van der Waals surface area contributed by atoms with Crippen molar-refractivity contribution in [3.8, 4) is 17.1 Å². The maximum atomic E-state index is 13.5. The monoisotopic (exact) mass is 675 g/mol. The molecule has 0 bridgehead atoms. The van der Waals surface area contributed by atoms with Gasteiger partial charge in [0.2, 0.25) is 5.43 Å². The minimum Gasteiger partial charge on any atom is -0.350 e. The Morgan fingerprint density at radius 3 is 2.28 bits per heavy atom. The Morgan fingerprint density at radius 2 is 1.53 bits per heavy atom. The molecule has 0 fully saturated rings. The van der Waals surface area contributed by atoms with Gasteiger partial charge in [-0.3, -0.25) is 4.79 Å². The molecular formula is C24H13Br4N3O. The number of halogens is 4. The van der Waals surface area contributed by atoms with E-state index in [0.717, 1.165) is 31.4 Å². The van der Waals surface area contributed by atoms with E-state index in [0.29, 0.717) is 26.0 Å². The number of benzene rings is 4. The molecule has 8 heteroatoms. The molecule has 0 amide bonds. The topological polar surface area (TPSA) is 46.9 Å². The highest BCUT2D eigenvalue weighted by atomic mass is 79.9. The molecule has 3 aromatic rings. The Morgan fingerprint density at radius 1 is 0.812 bits per heavy atom. The van der Waals surface area contributed by atoms with E-state index in [1.165, 1.54) is 0 Å². The van der Waals surface area contributed by atoms with Crippen LogP contribution in [-0.4, -0.2) is 9.55 Å². The smallest absolute Gasteiger partial charge is 0.219 e. The van der Waals surface area contributed by atoms with Gasteiger partial charge in [0, 0.05) is 14.6 Å². The van der Waals surface area contributed by atoms with Crippen molar-refractivity contribution in [1.29, 1.82) is 0 Å². The summed E-state index contributed by atoms with van der Waals surface area (Å²) in [4.78, 5) is 18.4. The number of hydrogen-bond acceptors (Lipinski definition) is 3. The van der Waals surface area contributed by atoms with Crippen LogP contribution in [0.2, 0.25) is 0 Å². The normalized spacial score (nSPS) is 11.2. The van der Waals surface area contributed by atoms with Crippen LogP contribution in [-0.2, 0) is 0 Å². The van der Waals surface area contributed by atoms with Crippen molar-refractivity contribution in [1.82, 2.24) is 9.55 Å². The highest BCUT2D eigenvalue weighted by molar-refractivity contribution is 9.11. The van der Waals surface area contributed by atoms with Gasteiger partial charge >= 0.3 is 0 Å². The molecule has 32 heavy (non-hydrogen) atoms. The van der Waals surface area contributed by atoms with Crippen molar-refractivity contribution in [2.24, 2.45) is 0 Å². The van der Waals surface area contributed by atoms with Gasteiger partial charge in [0.1, 0.15) is 11.4 Å². The molecule has 158 valence electrons. The van der Waals surface area contributed by atoms with Crippen LogP contribution in [0.25, 0.3) is 28.1 Å². The fraction of sp³-hybridized carbons (Fsp3) is 0. The minimum atomic E-state index is -0.166. The number of para-hydroxylation sites is 3.